The summed E-state index contributed by atoms with van der Waals surface area (Å²) < 4.78 is 2.25. The van der Waals surface area contributed by atoms with Crippen LogP contribution < -0.4 is 5.56 Å². The zero-order valence-electron chi connectivity index (χ0n) is 14.7. The first-order valence-corrected chi connectivity index (χ1v) is 9.41. The maximum atomic E-state index is 13.4. The predicted octanol–water partition coefficient (Wildman–Crippen LogP) is 5.20. The van der Waals surface area contributed by atoms with Gasteiger partial charge in [-0.3, -0.25) is 14.3 Å². The second-order valence-corrected chi connectivity index (χ2v) is 7.00. The Morgan fingerprint density at radius 2 is 1.71 bits per heavy atom. The van der Waals surface area contributed by atoms with Gasteiger partial charge < -0.3 is 0 Å². The van der Waals surface area contributed by atoms with E-state index in [1.165, 1.54) is 0 Å². The van der Waals surface area contributed by atoms with Gasteiger partial charge in [-0.05, 0) is 52.3 Å². The van der Waals surface area contributed by atoms with Crippen LogP contribution in [0.4, 0.5) is 0 Å². The first-order valence-electron chi connectivity index (χ1n) is 8.61. The van der Waals surface area contributed by atoms with Crippen molar-refractivity contribution in [3.05, 3.63) is 106 Å². The van der Waals surface area contributed by atoms with Crippen molar-refractivity contribution in [2.45, 2.75) is 0 Å². The van der Waals surface area contributed by atoms with Crippen molar-refractivity contribution in [3.8, 4) is 34.1 Å². The fourth-order valence-corrected chi connectivity index (χ4v) is 3.55. The lowest BCUT2D eigenvalue weighted by Crippen LogP contribution is -2.20. The molecular formula is C23H14BrN3O. The summed E-state index contributed by atoms with van der Waals surface area (Å²) in [5.41, 5.74) is 3.57. The molecule has 0 aliphatic heterocycles. The molecule has 0 aliphatic rings. The Labute approximate surface area is 170 Å². The van der Waals surface area contributed by atoms with Crippen LogP contribution >= 0.6 is 15.9 Å². The zero-order chi connectivity index (χ0) is 19.5. The van der Waals surface area contributed by atoms with Crippen LogP contribution in [0, 0.1) is 11.3 Å². The second kappa shape index (κ2) is 7.63. The quantitative estimate of drug-likeness (QED) is 0.451. The van der Waals surface area contributed by atoms with Gasteiger partial charge in [0, 0.05) is 39.2 Å². The van der Waals surface area contributed by atoms with E-state index in [-0.39, 0.29) is 5.56 Å². The van der Waals surface area contributed by atoms with E-state index in [1.54, 1.807) is 35.2 Å². The standard InChI is InChI=1S/C23H14BrN3O/c24-21-10-6-9-18(20(21)14-25)19-13-16(22-11-4-5-12-26-22)15-27(23(19)28)17-7-2-1-3-8-17/h1-13,15H. The molecule has 0 saturated heterocycles. The van der Waals surface area contributed by atoms with E-state index in [0.29, 0.717) is 21.2 Å². The Hall–Kier alpha value is -3.49. The highest BCUT2D eigenvalue weighted by atomic mass is 79.9. The van der Waals surface area contributed by atoms with E-state index in [0.717, 1.165) is 16.9 Å². The SMILES string of the molecule is N#Cc1c(Br)cccc1-c1cc(-c2ccccn2)cn(-c2ccccc2)c1=O. The van der Waals surface area contributed by atoms with Gasteiger partial charge in [-0.25, -0.2) is 0 Å². The molecule has 28 heavy (non-hydrogen) atoms. The van der Waals surface area contributed by atoms with Crippen molar-refractivity contribution in [1.29, 1.82) is 5.26 Å². The smallest absolute Gasteiger partial charge is 0.263 e. The monoisotopic (exact) mass is 427 g/mol. The maximum Gasteiger partial charge on any atom is 0.263 e. The Kier molecular flexibility index (Phi) is 4.88. The summed E-state index contributed by atoms with van der Waals surface area (Å²) in [4.78, 5) is 17.8. The third kappa shape index (κ3) is 3.26. The molecule has 4 rings (SSSR count). The van der Waals surface area contributed by atoms with Crippen molar-refractivity contribution >= 4 is 15.9 Å². The molecule has 0 spiro atoms. The summed E-state index contributed by atoms with van der Waals surface area (Å²) in [6.45, 7) is 0. The Bertz CT molecular complexity index is 1240. The minimum atomic E-state index is -0.194. The zero-order valence-corrected chi connectivity index (χ0v) is 16.3. The molecule has 5 heteroatoms. The Morgan fingerprint density at radius 1 is 0.929 bits per heavy atom. The normalized spacial score (nSPS) is 10.4. The van der Waals surface area contributed by atoms with Gasteiger partial charge in [0.2, 0.25) is 0 Å². The van der Waals surface area contributed by atoms with Gasteiger partial charge in [0.1, 0.15) is 6.07 Å². The topological polar surface area (TPSA) is 58.7 Å². The predicted molar refractivity (Wildman–Crippen MR) is 113 cm³/mol. The summed E-state index contributed by atoms with van der Waals surface area (Å²) >= 11 is 3.41. The third-order valence-electron chi connectivity index (χ3n) is 4.43. The molecule has 0 radical (unpaired) electrons. The lowest BCUT2D eigenvalue weighted by molar-refractivity contribution is 0.993. The van der Waals surface area contributed by atoms with Gasteiger partial charge in [-0.2, -0.15) is 5.26 Å². The van der Waals surface area contributed by atoms with Crippen molar-refractivity contribution < 1.29 is 0 Å². The molecule has 4 aromatic rings. The summed E-state index contributed by atoms with van der Waals surface area (Å²) in [5, 5.41) is 9.62. The number of hydrogen-bond donors (Lipinski definition) is 0. The molecule has 0 N–H and O–H groups in total. The van der Waals surface area contributed by atoms with Gasteiger partial charge in [0.05, 0.1) is 11.3 Å². The summed E-state index contributed by atoms with van der Waals surface area (Å²) in [5.74, 6) is 0. The molecule has 0 amide bonds. The minimum Gasteiger partial charge on any atom is -0.283 e. The van der Waals surface area contributed by atoms with Crippen molar-refractivity contribution in [3.63, 3.8) is 0 Å². The van der Waals surface area contributed by atoms with Gasteiger partial charge in [-0.15, -0.1) is 0 Å². The number of nitriles is 1. The molecule has 0 atom stereocenters. The number of para-hydroxylation sites is 1. The maximum absolute atomic E-state index is 13.4. The highest BCUT2D eigenvalue weighted by Crippen LogP contribution is 2.29. The van der Waals surface area contributed by atoms with E-state index < -0.39 is 0 Å². The van der Waals surface area contributed by atoms with Gasteiger partial charge >= 0.3 is 0 Å². The molecule has 0 saturated carbocycles. The first-order chi connectivity index (χ1) is 13.7. The van der Waals surface area contributed by atoms with Crippen molar-refractivity contribution in [2.75, 3.05) is 0 Å². The van der Waals surface area contributed by atoms with Crippen LogP contribution in [0.2, 0.25) is 0 Å². The molecule has 0 aliphatic carbocycles. The summed E-state index contributed by atoms with van der Waals surface area (Å²) in [7, 11) is 0. The first kappa shape index (κ1) is 17.9. The number of halogens is 1. The average Bonchev–Trinajstić information content (AvgIpc) is 2.75. The molecule has 0 bridgehead atoms. The summed E-state index contributed by atoms with van der Waals surface area (Å²) in [6.07, 6.45) is 3.50. The highest BCUT2D eigenvalue weighted by Gasteiger charge is 2.16. The fraction of sp³-hybridized carbons (Fsp3) is 0. The van der Waals surface area contributed by atoms with Crippen LogP contribution in [0.3, 0.4) is 0 Å². The molecule has 0 unspecified atom stereocenters. The van der Waals surface area contributed by atoms with E-state index in [2.05, 4.69) is 27.0 Å². The second-order valence-electron chi connectivity index (χ2n) is 6.14. The summed E-state index contributed by atoms with van der Waals surface area (Å²) in [6, 6.07) is 24.5. The molecular weight excluding hydrogens is 414 g/mol. The van der Waals surface area contributed by atoms with Crippen LogP contribution in [0.5, 0.6) is 0 Å². The molecule has 2 aromatic heterocycles. The lowest BCUT2D eigenvalue weighted by Gasteiger charge is -2.13. The van der Waals surface area contributed by atoms with Crippen LogP contribution in [-0.2, 0) is 0 Å². The van der Waals surface area contributed by atoms with Crippen molar-refractivity contribution in [2.24, 2.45) is 0 Å². The number of benzene rings is 2. The van der Waals surface area contributed by atoms with Gasteiger partial charge in [-0.1, -0.05) is 36.4 Å². The van der Waals surface area contributed by atoms with E-state index in [1.807, 2.05) is 54.6 Å². The van der Waals surface area contributed by atoms with Crippen molar-refractivity contribution in [1.82, 2.24) is 9.55 Å². The van der Waals surface area contributed by atoms with Gasteiger partial charge in [0.25, 0.3) is 5.56 Å². The molecule has 134 valence electrons. The fourth-order valence-electron chi connectivity index (χ4n) is 3.09. The van der Waals surface area contributed by atoms with E-state index in [4.69, 9.17) is 0 Å². The van der Waals surface area contributed by atoms with E-state index in [9.17, 15) is 10.1 Å². The largest absolute Gasteiger partial charge is 0.283 e. The number of nitrogens with zero attached hydrogens (tertiary/aromatic N) is 3. The van der Waals surface area contributed by atoms with Crippen LogP contribution in [-0.4, -0.2) is 9.55 Å². The molecule has 2 aromatic carbocycles. The molecule has 0 fully saturated rings. The van der Waals surface area contributed by atoms with Gasteiger partial charge in [0.15, 0.2) is 0 Å². The average molecular weight is 428 g/mol. The Morgan fingerprint density at radius 3 is 2.43 bits per heavy atom. The van der Waals surface area contributed by atoms with Crippen LogP contribution in [0.1, 0.15) is 5.56 Å². The number of aromatic nitrogens is 2. The molecule has 4 nitrogen and oxygen atoms in total. The lowest BCUT2D eigenvalue weighted by atomic mass is 9.99. The van der Waals surface area contributed by atoms with Crippen LogP contribution in [0.25, 0.3) is 28.1 Å². The highest BCUT2D eigenvalue weighted by molar-refractivity contribution is 9.10. The Balaban J connectivity index is 2.06. The number of hydrogen-bond acceptors (Lipinski definition) is 3. The third-order valence-corrected chi connectivity index (χ3v) is 5.09. The van der Waals surface area contributed by atoms with Crippen LogP contribution in [0.15, 0.2) is 94.5 Å². The minimum absolute atomic E-state index is 0.194. The molecule has 2 heterocycles. The number of pyridine rings is 2. The van der Waals surface area contributed by atoms with E-state index >= 15 is 0 Å². The number of rotatable bonds is 3.